The zero-order valence-corrected chi connectivity index (χ0v) is 11.7. The van der Waals surface area contributed by atoms with Gasteiger partial charge in [-0.05, 0) is 55.8 Å². The molecule has 1 aromatic rings. The van der Waals surface area contributed by atoms with Crippen molar-refractivity contribution in [2.45, 2.75) is 39.2 Å². The molecule has 1 saturated carbocycles. The Balaban J connectivity index is 2.14. The summed E-state index contributed by atoms with van der Waals surface area (Å²) in [5.74, 6) is 0.868. The van der Waals surface area contributed by atoms with Crippen LogP contribution in [-0.4, -0.2) is 6.54 Å². The van der Waals surface area contributed by atoms with Gasteiger partial charge in [0.2, 0.25) is 0 Å². The number of halogens is 1. The van der Waals surface area contributed by atoms with E-state index in [1.54, 1.807) is 0 Å². The highest BCUT2D eigenvalue weighted by atomic mass is 79.9. The van der Waals surface area contributed by atoms with Crippen LogP contribution in [0, 0.1) is 12.8 Å². The Morgan fingerprint density at radius 1 is 1.44 bits per heavy atom. The average Bonchev–Trinajstić information content (AvgIpc) is 3.08. The van der Waals surface area contributed by atoms with Crippen LogP contribution in [0.4, 0.5) is 0 Å². The molecule has 1 aliphatic rings. The van der Waals surface area contributed by atoms with Gasteiger partial charge in [-0.1, -0.05) is 35.0 Å². The van der Waals surface area contributed by atoms with Crippen molar-refractivity contribution in [3.05, 3.63) is 33.8 Å². The van der Waals surface area contributed by atoms with Crippen LogP contribution in [0.1, 0.15) is 43.4 Å². The lowest BCUT2D eigenvalue weighted by Gasteiger charge is -2.19. The van der Waals surface area contributed by atoms with E-state index in [4.69, 9.17) is 0 Å². The van der Waals surface area contributed by atoms with Gasteiger partial charge < -0.3 is 5.32 Å². The highest BCUT2D eigenvalue weighted by Gasteiger charge is 2.31. The van der Waals surface area contributed by atoms with Crippen LogP contribution in [0.3, 0.4) is 0 Å². The third-order valence-corrected chi connectivity index (χ3v) is 4.14. The number of hydrogen-bond donors (Lipinski definition) is 1. The number of aryl methyl sites for hydroxylation is 1. The minimum Gasteiger partial charge on any atom is -0.310 e. The van der Waals surface area contributed by atoms with E-state index >= 15 is 0 Å². The molecule has 0 saturated heterocycles. The third kappa shape index (κ3) is 2.86. The maximum absolute atomic E-state index is 3.68. The predicted octanol–water partition coefficient (Wildman–Crippen LogP) is 4.21. The van der Waals surface area contributed by atoms with E-state index in [0.717, 1.165) is 12.5 Å². The predicted molar refractivity (Wildman–Crippen MR) is 72.6 cm³/mol. The molecule has 0 spiro atoms. The van der Waals surface area contributed by atoms with Gasteiger partial charge in [-0.3, -0.25) is 0 Å². The monoisotopic (exact) mass is 281 g/mol. The maximum Gasteiger partial charge on any atom is 0.0348 e. The Hall–Kier alpha value is -0.340. The summed E-state index contributed by atoms with van der Waals surface area (Å²) in [7, 11) is 0. The molecule has 1 nitrogen and oxygen atoms in total. The van der Waals surface area contributed by atoms with Crippen molar-refractivity contribution in [1.82, 2.24) is 5.32 Å². The Morgan fingerprint density at radius 2 is 2.19 bits per heavy atom. The van der Waals surface area contributed by atoms with Gasteiger partial charge in [-0.15, -0.1) is 0 Å². The van der Waals surface area contributed by atoms with Crippen molar-refractivity contribution in [1.29, 1.82) is 0 Å². The second-order valence-electron chi connectivity index (χ2n) is 4.78. The lowest BCUT2D eigenvalue weighted by Crippen LogP contribution is -2.23. The summed E-state index contributed by atoms with van der Waals surface area (Å²) in [6, 6.07) is 7.32. The zero-order chi connectivity index (χ0) is 11.5. The van der Waals surface area contributed by atoms with E-state index in [-0.39, 0.29) is 0 Å². The van der Waals surface area contributed by atoms with E-state index in [0.29, 0.717) is 6.04 Å². The Kier molecular flexibility index (Phi) is 4.04. The van der Waals surface area contributed by atoms with Crippen molar-refractivity contribution in [3.8, 4) is 0 Å². The summed E-state index contributed by atoms with van der Waals surface area (Å²) in [4.78, 5) is 0. The lowest BCUT2D eigenvalue weighted by molar-refractivity contribution is 0.481. The second-order valence-corrected chi connectivity index (χ2v) is 5.63. The molecule has 0 amide bonds. The molecular weight excluding hydrogens is 262 g/mol. The Bertz CT molecular complexity index is 358. The quantitative estimate of drug-likeness (QED) is 0.853. The largest absolute Gasteiger partial charge is 0.310 e. The van der Waals surface area contributed by atoms with Crippen molar-refractivity contribution in [2.75, 3.05) is 6.54 Å². The van der Waals surface area contributed by atoms with Crippen molar-refractivity contribution in [2.24, 2.45) is 5.92 Å². The first-order chi connectivity index (χ1) is 7.72. The molecule has 0 radical (unpaired) electrons. The summed E-state index contributed by atoms with van der Waals surface area (Å²) >= 11 is 3.56. The normalized spacial score (nSPS) is 17.4. The molecule has 1 fully saturated rings. The van der Waals surface area contributed by atoms with Gasteiger partial charge in [-0.2, -0.15) is 0 Å². The zero-order valence-electron chi connectivity index (χ0n) is 10.1. The molecule has 2 heteroatoms. The molecule has 1 N–H and O–H groups in total. The first-order valence-electron chi connectivity index (χ1n) is 6.21. The molecule has 0 bridgehead atoms. The first kappa shape index (κ1) is 12.1. The Morgan fingerprint density at radius 3 is 2.75 bits per heavy atom. The summed E-state index contributed by atoms with van der Waals surface area (Å²) in [6.45, 7) is 5.51. The fourth-order valence-electron chi connectivity index (χ4n) is 2.15. The molecule has 0 aromatic heterocycles. The molecule has 16 heavy (non-hydrogen) atoms. The molecule has 0 heterocycles. The number of hydrogen-bond acceptors (Lipinski definition) is 1. The summed E-state index contributed by atoms with van der Waals surface area (Å²) < 4.78 is 1.21. The number of benzene rings is 1. The second kappa shape index (κ2) is 5.33. The van der Waals surface area contributed by atoms with E-state index < -0.39 is 0 Å². The van der Waals surface area contributed by atoms with Crippen molar-refractivity contribution < 1.29 is 0 Å². The van der Waals surface area contributed by atoms with E-state index in [2.05, 4.69) is 53.3 Å². The van der Waals surface area contributed by atoms with Gasteiger partial charge >= 0.3 is 0 Å². The minimum atomic E-state index is 0.576. The van der Waals surface area contributed by atoms with Crippen LogP contribution in [0.25, 0.3) is 0 Å². The summed E-state index contributed by atoms with van der Waals surface area (Å²) in [5, 5.41) is 3.68. The van der Waals surface area contributed by atoms with Crippen molar-refractivity contribution >= 4 is 15.9 Å². The SMILES string of the molecule is CCCNC(c1ccc(Br)c(C)c1)C1CC1. The lowest BCUT2D eigenvalue weighted by atomic mass is 10.0. The summed E-state index contributed by atoms with van der Waals surface area (Å²) in [5.41, 5.74) is 2.79. The van der Waals surface area contributed by atoms with Gasteiger partial charge in [0.15, 0.2) is 0 Å². The third-order valence-electron chi connectivity index (χ3n) is 3.25. The Labute approximate surface area is 107 Å². The van der Waals surface area contributed by atoms with Crippen LogP contribution in [0.5, 0.6) is 0 Å². The molecule has 88 valence electrons. The van der Waals surface area contributed by atoms with E-state index in [1.807, 2.05) is 0 Å². The minimum absolute atomic E-state index is 0.576. The van der Waals surface area contributed by atoms with Gasteiger partial charge in [-0.25, -0.2) is 0 Å². The fraction of sp³-hybridized carbons (Fsp3) is 0.571. The van der Waals surface area contributed by atoms with Crippen LogP contribution >= 0.6 is 15.9 Å². The van der Waals surface area contributed by atoms with Gasteiger partial charge in [0.1, 0.15) is 0 Å². The van der Waals surface area contributed by atoms with Gasteiger partial charge in [0.05, 0.1) is 0 Å². The molecule has 0 aliphatic heterocycles. The molecule has 1 unspecified atom stereocenters. The van der Waals surface area contributed by atoms with Gasteiger partial charge in [0.25, 0.3) is 0 Å². The molecule has 1 atom stereocenters. The number of nitrogens with one attached hydrogen (secondary N) is 1. The molecule has 1 aromatic carbocycles. The maximum atomic E-state index is 3.68. The van der Waals surface area contributed by atoms with Crippen LogP contribution in [0.15, 0.2) is 22.7 Å². The van der Waals surface area contributed by atoms with E-state index in [1.165, 1.54) is 34.9 Å². The molecule has 2 rings (SSSR count). The standard InChI is InChI=1S/C14H20BrN/c1-3-8-16-14(11-4-5-11)12-6-7-13(15)10(2)9-12/h6-7,9,11,14,16H,3-5,8H2,1-2H3. The highest BCUT2D eigenvalue weighted by Crippen LogP contribution is 2.41. The van der Waals surface area contributed by atoms with Crippen LogP contribution in [0.2, 0.25) is 0 Å². The average molecular weight is 282 g/mol. The first-order valence-corrected chi connectivity index (χ1v) is 7.01. The number of rotatable bonds is 5. The van der Waals surface area contributed by atoms with Crippen molar-refractivity contribution in [3.63, 3.8) is 0 Å². The summed E-state index contributed by atoms with van der Waals surface area (Å²) in [6.07, 6.45) is 3.98. The smallest absolute Gasteiger partial charge is 0.0348 e. The van der Waals surface area contributed by atoms with Gasteiger partial charge in [0, 0.05) is 10.5 Å². The molecular formula is C14H20BrN. The van der Waals surface area contributed by atoms with Crippen LogP contribution < -0.4 is 5.32 Å². The van der Waals surface area contributed by atoms with E-state index in [9.17, 15) is 0 Å². The van der Waals surface area contributed by atoms with Crippen LogP contribution in [-0.2, 0) is 0 Å². The fourth-order valence-corrected chi connectivity index (χ4v) is 2.39. The highest BCUT2D eigenvalue weighted by molar-refractivity contribution is 9.10. The molecule has 1 aliphatic carbocycles. The topological polar surface area (TPSA) is 12.0 Å².